The Kier molecular flexibility index (Phi) is 6.52. The quantitative estimate of drug-likeness (QED) is 0.305. The standard InChI is InChI=1S/C3H8B2O6/c6-4(7)10-2-1-3-11-5(8)9/h6-7H,1-3H2/q-2. The Morgan fingerprint density at radius 2 is 1.64 bits per heavy atom. The van der Waals surface area contributed by atoms with E-state index in [1.807, 2.05) is 0 Å². The molecule has 0 aliphatic heterocycles. The second-order valence-electron chi connectivity index (χ2n) is 1.71. The molecule has 0 heterocycles. The predicted octanol–water partition coefficient (Wildman–Crippen LogP) is -3.92. The first-order valence-corrected chi connectivity index (χ1v) is 3.04. The summed E-state index contributed by atoms with van der Waals surface area (Å²) in [5.41, 5.74) is 0. The Bertz CT molecular complexity index is 77.9. The molecule has 0 aromatic carbocycles. The van der Waals surface area contributed by atoms with Gasteiger partial charge in [-0.3, -0.25) is 0 Å². The maximum atomic E-state index is 9.71. The summed E-state index contributed by atoms with van der Waals surface area (Å²) in [6.45, 7) is -0.00519. The molecule has 0 aliphatic carbocycles. The van der Waals surface area contributed by atoms with E-state index in [0.29, 0.717) is 0 Å². The highest BCUT2D eigenvalue weighted by Gasteiger charge is 2.05. The molecule has 0 aromatic rings. The molecule has 8 heteroatoms. The fraction of sp³-hybridized carbons (Fsp3) is 1.00. The van der Waals surface area contributed by atoms with E-state index in [1.54, 1.807) is 0 Å². The lowest BCUT2D eigenvalue weighted by atomic mass is 10.2. The van der Waals surface area contributed by atoms with Crippen LogP contribution in [0.5, 0.6) is 0 Å². The molecule has 0 radical (unpaired) electrons. The lowest BCUT2D eigenvalue weighted by Gasteiger charge is -2.25. The van der Waals surface area contributed by atoms with Crippen molar-refractivity contribution in [3.05, 3.63) is 0 Å². The van der Waals surface area contributed by atoms with Crippen molar-refractivity contribution in [3.8, 4) is 0 Å². The number of hydrogen-bond donors (Lipinski definition) is 2. The van der Waals surface area contributed by atoms with Gasteiger partial charge in [-0.1, -0.05) is 0 Å². The first-order valence-electron chi connectivity index (χ1n) is 3.04. The Morgan fingerprint density at radius 1 is 1.09 bits per heavy atom. The van der Waals surface area contributed by atoms with Crippen molar-refractivity contribution in [2.24, 2.45) is 0 Å². The van der Waals surface area contributed by atoms with Crippen molar-refractivity contribution in [1.82, 2.24) is 0 Å². The molecule has 0 amide bonds. The molecule has 0 saturated carbocycles. The van der Waals surface area contributed by atoms with Gasteiger partial charge in [-0.25, -0.2) is 0 Å². The smallest absolute Gasteiger partial charge is 0.633 e. The zero-order valence-electron chi connectivity index (χ0n) is 5.80. The van der Waals surface area contributed by atoms with Gasteiger partial charge in [0.25, 0.3) is 0 Å². The van der Waals surface area contributed by atoms with Gasteiger partial charge < -0.3 is 29.4 Å². The Morgan fingerprint density at radius 3 is 2.09 bits per heavy atom. The molecule has 0 rings (SSSR count). The summed E-state index contributed by atoms with van der Waals surface area (Å²) in [4.78, 5) is 0. The van der Waals surface area contributed by atoms with Gasteiger partial charge in [0.1, 0.15) is 0 Å². The van der Waals surface area contributed by atoms with E-state index in [-0.39, 0.29) is 19.6 Å². The largest absolute Gasteiger partial charge is 0.871 e. The van der Waals surface area contributed by atoms with Crippen LogP contribution in [0, 0.1) is 0 Å². The van der Waals surface area contributed by atoms with Gasteiger partial charge in [-0.2, -0.15) is 0 Å². The predicted molar refractivity (Wildman–Crippen MR) is 32.5 cm³/mol. The molecule has 0 saturated heterocycles. The molecule has 0 fully saturated rings. The Labute approximate surface area is 64.7 Å². The van der Waals surface area contributed by atoms with Crippen molar-refractivity contribution >= 4 is 14.6 Å². The van der Waals surface area contributed by atoms with Crippen LogP contribution in [0.3, 0.4) is 0 Å². The molecule has 2 N–H and O–H groups in total. The van der Waals surface area contributed by atoms with Crippen LogP contribution in [0.4, 0.5) is 0 Å². The summed E-state index contributed by atoms with van der Waals surface area (Å²) in [7, 11) is -4.10. The third-order valence-corrected chi connectivity index (χ3v) is 0.810. The van der Waals surface area contributed by atoms with Gasteiger partial charge in [-0.05, 0) is 6.42 Å². The first-order chi connectivity index (χ1) is 5.13. The van der Waals surface area contributed by atoms with Gasteiger partial charge in [0.2, 0.25) is 0 Å². The van der Waals surface area contributed by atoms with Crippen LogP contribution in [0.15, 0.2) is 0 Å². The summed E-state index contributed by atoms with van der Waals surface area (Å²) in [5, 5.41) is 35.7. The van der Waals surface area contributed by atoms with Crippen LogP contribution in [0.2, 0.25) is 0 Å². The minimum absolute atomic E-state index is 0.0321. The van der Waals surface area contributed by atoms with Crippen molar-refractivity contribution in [1.29, 1.82) is 0 Å². The monoisotopic (exact) mass is 162 g/mol. The van der Waals surface area contributed by atoms with Crippen LogP contribution < -0.4 is 10.0 Å². The number of rotatable bonds is 6. The normalized spacial score (nSPS) is 9.82. The molecule has 0 unspecified atom stereocenters. The molecule has 0 aliphatic rings. The van der Waals surface area contributed by atoms with E-state index in [4.69, 9.17) is 10.0 Å². The van der Waals surface area contributed by atoms with E-state index in [0.717, 1.165) is 0 Å². The van der Waals surface area contributed by atoms with Crippen molar-refractivity contribution in [2.75, 3.05) is 13.2 Å². The maximum Gasteiger partial charge on any atom is 0.633 e. The van der Waals surface area contributed by atoms with Crippen molar-refractivity contribution < 1.29 is 29.4 Å². The molecule has 11 heavy (non-hydrogen) atoms. The Balaban J connectivity index is 2.91. The molecule has 6 nitrogen and oxygen atoms in total. The first kappa shape index (κ1) is 10.9. The van der Waals surface area contributed by atoms with Crippen LogP contribution >= 0.6 is 0 Å². The molecule has 64 valence electrons. The molecule has 0 atom stereocenters. The average Bonchev–Trinajstić information content (AvgIpc) is 1.85. The van der Waals surface area contributed by atoms with E-state index >= 15 is 0 Å². The van der Waals surface area contributed by atoms with Crippen LogP contribution in [-0.2, 0) is 9.31 Å². The molecular weight excluding hydrogens is 154 g/mol. The lowest BCUT2D eigenvalue weighted by molar-refractivity contribution is -0.381. The second kappa shape index (κ2) is 6.59. The number of hydrogen-bond acceptors (Lipinski definition) is 6. The molecular formula is C3H8B2O6-2. The van der Waals surface area contributed by atoms with Crippen LogP contribution in [0.1, 0.15) is 6.42 Å². The topological polar surface area (TPSA) is 105 Å². The van der Waals surface area contributed by atoms with Crippen LogP contribution in [0.25, 0.3) is 0 Å². The van der Waals surface area contributed by atoms with Crippen molar-refractivity contribution in [3.63, 3.8) is 0 Å². The maximum absolute atomic E-state index is 9.71. The highest BCUT2D eigenvalue weighted by molar-refractivity contribution is 6.32. The van der Waals surface area contributed by atoms with E-state index in [2.05, 4.69) is 9.31 Å². The van der Waals surface area contributed by atoms with E-state index < -0.39 is 14.6 Å². The fourth-order valence-electron chi connectivity index (χ4n) is 0.427. The van der Waals surface area contributed by atoms with E-state index in [9.17, 15) is 10.0 Å². The Hall–Kier alpha value is -0.110. The molecule has 0 spiro atoms. The highest BCUT2D eigenvalue weighted by atomic mass is 16.6. The van der Waals surface area contributed by atoms with Crippen molar-refractivity contribution in [2.45, 2.75) is 6.42 Å². The van der Waals surface area contributed by atoms with Gasteiger partial charge in [0, 0.05) is 13.2 Å². The summed E-state index contributed by atoms with van der Waals surface area (Å²) in [6.07, 6.45) is 0.276. The zero-order chi connectivity index (χ0) is 8.69. The summed E-state index contributed by atoms with van der Waals surface area (Å²) >= 11 is 0. The van der Waals surface area contributed by atoms with E-state index in [1.165, 1.54) is 0 Å². The summed E-state index contributed by atoms with van der Waals surface area (Å²) < 4.78 is 8.32. The van der Waals surface area contributed by atoms with Gasteiger partial charge in [0.15, 0.2) is 0 Å². The third-order valence-electron chi connectivity index (χ3n) is 0.810. The SMILES string of the molecule is [O-]B([O-])OCCCOB(O)O. The minimum atomic E-state index is -2.28. The van der Waals surface area contributed by atoms with Crippen LogP contribution in [-0.4, -0.2) is 37.9 Å². The zero-order valence-corrected chi connectivity index (χ0v) is 5.80. The highest BCUT2D eigenvalue weighted by Crippen LogP contribution is 1.84. The average molecular weight is 162 g/mol. The summed E-state index contributed by atoms with van der Waals surface area (Å²) in [5.74, 6) is 0. The van der Waals surface area contributed by atoms with Gasteiger partial charge >= 0.3 is 7.32 Å². The fourth-order valence-corrected chi connectivity index (χ4v) is 0.427. The lowest BCUT2D eigenvalue weighted by Crippen LogP contribution is -2.48. The molecule has 0 bridgehead atoms. The van der Waals surface area contributed by atoms with Gasteiger partial charge in [0.05, 0.1) is 7.32 Å². The summed E-state index contributed by atoms with van der Waals surface area (Å²) in [6, 6.07) is 0. The van der Waals surface area contributed by atoms with Gasteiger partial charge in [-0.15, -0.1) is 0 Å². The second-order valence-corrected chi connectivity index (χ2v) is 1.71. The molecule has 0 aromatic heterocycles. The minimum Gasteiger partial charge on any atom is -0.871 e. The third kappa shape index (κ3) is 9.89.